The van der Waals surface area contributed by atoms with Gasteiger partial charge in [-0.3, -0.25) is 4.79 Å². The number of para-hydroxylation sites is 1. The van der Waals surface area contributed by atoms with Crippen molar-refractivity contribution in [3.8, 4) is 0 Å². The molecule has 0 heterocycles. The van der Waals surface area contributed by atoms with Gasteiger partial charge in [-0.2, -0.15) is 0 Å². The maximum Gasteiger partial charge on any atom is 0.315 e. The molecule has 0 unspecified atom stereocenters. The Morgan fingerprint density at radius 3 is 2.53 bits per heavy atom. The highest BCUT2D eigenvalue weighted by molar-refractivity contribution is 7.98. The van der Waals surface area contributed by atoms with Gasteiger partial charge >= 0.3 is 5.97 Å². The number of carbonyl (C=O) groups excluding carboxylic acids is 1. The van der Waals surface area contributed by atoms with Crippen LogP contribution in [0.1, 0.15) is 20.3 Å². The first kappa shape index (κ1) is 15.6. The fourth-order valence-corrected chi connectivity index (χ4v) is 2.02. The number of hydrogen-bond donors (Lipinski definition) is 0. The van der Waals surface area contributed by atoms with Crippen LogP contribution in [-0.4, -0.2) is 31.3 Å². The van der Waals surface area contributed by atoms with Gasteiger partial charge in [-0.1, -0.05) is 12.1 Å². The van der Waals surface area contributed by atoms with Gasteiger partial charge in [0.2, 0.25) is 0 Å². The van der Waals surface area contributed by atoms with Gasteiger partial charge in [-0.05, 0) is 32.2 Å². The molecule has 0 spiro atoms. The molecule has 19 heavy (non-hydrogen) atoms. The van der Waals surface area contributed by atoms with Crippen LogP contribution in [0.25, 0.3) is 0 Å². The SMILES string of the molecule is CCOC(=O)CC(=Nc1ccccc1SC)OCC. The first-order chi connectivity index (χ1) is 9.21. The lowest BCUT2D eigenvalue weighted by Crippen LogP contribution is -2.14. The molecule has 0 aliphatic rings. The molecule has 5 heteroatoms. The number of hydrogen-bond acceptors (Lipinski definition) is 5. The Kier molecular flexibility index (Phi) is 7.03. The zero-order valence-electron chi connectivity index (χ0n) is 11.5. The predicted octanol–water partition coefficient (Wildman–Crippen LogP) is 3.43. The molecule has 0 bridgehead atoms. The molecule has 0 fully saturated rings. The Labute approximate surface area is 118 Å². The first-order valence-electron chi connectivity index (χ1n) is 6.20. The quantitative estimate of drug-likeness (QED) is 0.347. The van der Waals surface area contributed by atoms with Gasteiger partial charge in [-0.15, -0.1) is 11.8 Å². The van der Waals surface area contributed by atoms with E-state index in [9.17, 15) is 4.79 Å². The van der Waals surface area contributed by atoms with Crippen molar-refractivity contribution in [3.05, 3.63) is 24.3 Å². The smallest absolute Gasteiger partial charge is 0.315 e. The summed E-state index contributed by atoms with van der Waals surface area (Å²) in [5.41, 5.74) is 0.808. The van der Waals surface area contributed by atoms with Crippen LogP contribution in [0.3, 0.4) is 0 Å². The zero-order valence-corrected chi connectivity index (χ0v) is 12.3. The summed E-state index contributed by atoms with van der Waals surface area (Å²) in [6.45, 7) is 4.47. The van der Waals surface area contributed by atoms with Crippen molar-refractivity contribution in [1.29, 1.82) is 0 Å². The highest BCUT2D eigenvalue weighted by atomic mass is 32.2. The number of benzene rings is 1. The molecule has 4 nitrogen and oxygen atoms in total. The Bertz CT molecular complexity index is 446. The molecule has 1 aromatic carbocycles. The zero-order chi connectivity index (χ0) is 14.1. The molecule has 0 aliphatic carbocycles. The van der Waals surface area contributed by atoms with E-state index in [1.807, 2.05) is 37.4 Å². The summed E-state index contributed by atoms with van der Waals surface area (Å²) in [6, 6.07) is 7.75. The number of carbonyl (C=O) groups is 1. The maximum atomic E-state index is 11.5. The summed E-state index contributed by atoms with van der Waals surface area (Å²) < 4.78 is 10.3. The fraction of sp³-hybridized carbons (Fsp3) is 0.429. The second-order valence-corrected chi connectivity index (χ2v) is 4.44. The minimum absolute atomic E-state index is 0.0599. The highest BCUT2D eigenvalue weighted by Crippen LogP contribution is 2.27. The summed E-state index contributed by atoms with van der Waals surface area (Å²) >= 11 is 1.61. The van der Waals surface area contributed by atoms with Gasteiger partial charge in [0.1, 0.15) is 6.42 Å². The third-order valence-electron chi connectivity index (χ3n) is 2.24. The van der Waals surface area contributed by atoms with Crippen LogP contribution in [0, 0.1) is 0 Å². The van der Waals surface area contributed by atoms with Crippen molar-refractivity contribution >= 4 is 29.3 Å². The lowest BCUT2D eigenvalue weighted by Gasteiger charge is -2.08. The standard InChI is InChI=1S/C14H19NO3S/c1-4-17-13(10-14(16)18-5-2)15-11-8-6-7-9-12(11)19-3/h6-9H,4-5,10H2,1-3H3. The maximum absolute atomic E-state index is 11.5. The van der Waals surface area contributed by atoms with Crippen LogP contribution >= 0.6 is 11.8 Å². The normalized spacial score (nSPS) is 11.2. The number of esters is 1. The molecule has 0 aromatic heterocycles. The Hall–Kier alpha value is -1.49. The van der Waals surface area contributed by atoms with E-state index in [4.69, 9.17) is 9.47 Å². The van der Waals surface area contributed by atoms with Crippen molar-refractivity contribution in [1.82, 2.24) is 0 Å². The van der Waals surface area contributed by atoms with Crippen molar-refractivity contribution in [2.24, 2.45) is 4.99 Å². The Balaban J connectivity index is 2.90. The minimum atomic E-state index is -0.323. The second-order valence-electron chi connectivity index (χ2n) is 3.59. The van der Waals surface area contributed by atoms with Gasteiger partial charge in [-0.25, -0.2) is 4.99 Å². The molecular weight excluding hydrogens is 262 g/mol. The third-order valence-corrected chi connectivity index (χ3v) is 3.03. The van der Waals surface area contributed by atoms with E-state index in [1.165, 1.54) is 0 Å². The van der Waals surface area contributed by atoms with Crippen LogP contribution in [0.15, 0.2) is 34.2 Å². The summed E-state index contributed by atoms with van der Waals surface area (Å²) in [5.74, 6) is 0.0683. The van der Waals surface area contributed by atoms with E-state index >= 15 is 0 Å². The van der Waals surface area contributed by atoms with E-state index in [0.29, 0.717) is 19.1 Å². The second kappa shape index (κ2) is 8.58. The minimum Gasteiger partial charge on any atom is -0.481 e. The molecule has 0 radical (unpaired) electrons. The lowest BCUT2D eigenvalue weighted by atomic mass is 10.3. The van der Waals surface area contributed by atoms with Crippen LogP contribution in [0.4, 0.5) is 5.69 Å². The van der Waals surface area contributed by atoms with E-state index in [2.05, 4.69) is 4.99 Å². The average molecular weight is 281 g/mol. The third kappa shape index (κ3) is 5.34. The van der Waals surface area contributed by atoms with E-state index in [-0.39, 0.29) is 12.4 Å². The van der Waals surface area contributed by atoms with Gasteiger partial charge in [0.05, 0.1) is 18.9 Å². The van der Waals surface area contributed by atoms with Crippen LogP contribution in [0.2, 0.25) is 0 Å². The van der Waals surface area contributed by atoms with Crippen LogP contribution < -0.4 is 0 Å². The van der Waals surface area contributed by atoms with Gasteiger partial charge in [0, 0.05) is 4.90 Å². The van der Waals surface area contributed by atoms with Crippen molar-refractivity contribution in [3.63, 3.8) is 0 Å². The molecule has 0 saturated heterocycles. The molecule has 1 rings (SSSR count). The number of rotatable bonds is 6. The van der Waals surface area contributed by atoms with Gasteiger partial charge in [0.15, 0.2) is 5.90 Å². The summed E-state index contributed by atoms with van der Waals surface area (Å²) in [7, 11) is 0. The molecule has 1 aromatic rings. The number of nitrogens with zero attached hydrogens (tertiary/aromatic N) is 1. The number of thioether (sulfide) groups is 1. The monoisotopic (exact) mass is 281 g/mol. The topological polar surface area (TPSA) is 47.9 Å². The molecule has 0 N–H and O–H groups in total. The summed E-state index contributed by atoms with van der Waals surface area (Å²) in [4.78, 5) is 16.9. The molecule has 0 saturated carbocycles. The van der Waals surface area contributed by atoms with Gasteiger partial charge in [0.25, 0.3) is 0 Å². The number of aliphatic imine (C=N–C) groups is 1. The molecule has 0 atom stereocenters. The number of ether oxygens (including phenoxy) is 2. The van der Waals surface area contributed by atoms with Crippen LogP contribution in [-0.2, 0) is 14.3 Å². The van der Waals surface area contributed by atoms with E-state index < -0.39 is 0 Å². The van der Waals surface area contributed by atoms with E-state index in [1.54, 1.807) is 18.7 Å². The Morgan fingerprint density at radius 1 is 1.21 bits per heavy atom. The molecule has 0 aliphatic heterocycles. The van der Waals surface area contributed by atoms with Crippen molar-refractivity contribution in [2.75, 3.05) is 19.5 Å². The van der Waals surface area contributed by atoms with Crippen molar-refractivity contribution < 1.29 is 14.3 Å². The summed E-state index contributed by atoms with van der Waals surface area (Å²) in [5, 5.41) is 0. The largest absolute Gasteiger partial charge is 0.481 e. The lowest BCUT2D eigenvalue weighted by molar-refractivity contribution is -0.141. The molecule has 0 amide bonds. The molecule has 104 valence electrons. The first-order valence-corrected chi connectivity index (χ1v) is 7.42. The predicted molar refractivity (Wildman–Crippen MR) is 78.2 cm³/mol. The van der Waals surface area contributed by atoms with Gasteiger partial charge < -0.3 is 9.47 Å². The van der Waals surface area contributed by atoms with Crippen LogP contribution in [0.5, 0.6) is 0 Å². The fourth-order valence-electron chi connectivity index (χ4n) is 1.48. The molecular formula is C14H19NO3S. The Morgan fingerprint density at radius 2 is 1.89 bits per heavy atom. The summed E-state index contributed by atoms with van der Waals surface area (Å²) in [6.07, 6.45) is 2.05. The highest BCUT2D eigenvalue weighted by Gasteiger charge is 2.10. The van der Waals surface area contributed by atoms with E-state index in [0.717, 1.165) is 10.6 Å². The average Bonchev–Trinajstić information content (AvgIpc) is 2.40. The van der Waals surface area contributed by atoms with Crippen molar-refractivity contribution in [2.45, 2.75) is 25.2 Å².